The Balaban J connectivity index is 2.21. The summed E-state index contributed by atoms with van der Waals surface area (Å²) in [7, 11) is 0. The maximum atomic E-state index is 3.96. The molecule has 20 heavy (non-hydrogen) atoms. The first kappa shape index (κ1) is 12.9. The summed E-state index contributed by atoms with van der Waals surface area (Å²) in [6.07, 6.45) is 13.2. The zero-order valence-electron chi connectivity index (χ0n) is 12.2. The molecule has 0 heteroatoms. The molecule has 0 radical (unpaired) electrons. The molecule has 0 amide bonds. The summed E-state index contributed by atoms with van der Waals surface area (Å²) in [6.45, 7) is 8.41. The van der Waals surface area contributed by atoms with E-state index < -0.39 is 0 Å². The Labute approximate surface area is 121 Å². The topological polar surface area (TPSA) is 0 Å². The van der Waals surface area contributed by atoms with E-state index in [0.29, 0.717) is 0 Å². The zero-order chi connectivity index (χ0) is 14.1. The van der Waals surface area contributed by atoms with Crippen molar-refractivity contribution in [3.8, 4) is 0 Å². The van der Waals surface area contributed by atoms with Crippen molar-refractivity contribution in [3.63, 3.8) is 0 Å². The predicted octanol–water partition coefficient (Wildman–Crippen LogP) is 5.49. The largest absolute Gasteiger partial charge is 0.0985 e. The molecule has 0 fully saturated rings. The van der Waals surface area contributed by atoms with Crippen molar-refractivity contribution < 1.29 is 0 Å². The van der Waals surface area contributed by atoms with E-state index in [1.54, 1.807) is 0 Å². The van der Waals surface area contributed by atoms with Crippen LogP contribution in [0, 0.1) is 0 Å². The summed E-state index contributed by atoms with van der Waals surface area (Å²) >= 11 is 0. The third-order valence-corrected chi connectivity index (χ3v) is 4.33. The Morgan fingerprint density at radius 3 is 2.65 bits per heavy atom. The highest BCUT2D eigenvalue weighted by Gasteiger charge is 2.17. The van der Waals surface area contributed by atoms with Crippen LogP contribution < -0.4 is 0 Å². The van der Waals surface area contributed by atoms with Gasteiger partial charge in [0.15, 0.2) is 0 Å². The lowest BCUT2D eigenvalue weighted by Gasteiger charge is -2.14. The minimum absolute atomic E-state index is 0.993. The molecule has 0 heterocycles. The van der Waals surface area contributed by atoms with Crippen LogP contribution in [-0.4, -0.2) is 0 Å². The summed E-state index contributed by atoms with van der Waals surface area (Å²) in [6, 6.07) is 6.47. The van der Waals surface area contributed by atoms with Gasteiger partial charge in [-0.25, -0.2) is 0 Å². The molecule has 3 rings (SSSR count). The molecule has 0 atom stereocenters. The number of fused-ring (bicyclic) bond motifs is 1. The van der Waals surface area contributed by atoms with E-state index in [-0.39, 0.29) is 0 Å². The second-order valence-corrected chi connectivity index (χ2v) is 5.53. The van der Waals surface area contributed by atoms with Crippen LogP contribution in [0.15, 0.2) is 65.3 Å². The van der Waals surface area contributed by atoms with Crippen LogP contribution in [0.5, 0.6) is 0 Å². The van der Waals surface area contributed by atoms with Gasteiger partial charge in [0.25, 0.3) is 0 Å². The van der Waals surface area contributed by atoms with Crippen molar-refractivity contribution in [2.75, 3.05) is 0 Å². The number of hydrogen-bond acceptors (Lipinski definition) is 0. The molecule has 0 bridgehead atoms. The fourth-order valence-electron chi connectivity index (χ4n) is 3.09. The van der Waals surface area contributed by atoms with E-state index in [1.807, 2.05) is 6.08 Å². The molecule has 0 nitrogen and oxygen atoms in total. The van der Waals surface area contributed by atoms with Gasteiger partial charge in [-0.3, -0.25) is 0 Å². The van der Waals surface area contributed by atoms with Crippen LogP contribution >= 0.6 is 0 Å². The molecule has 0 spiro atoms. The molecule has 2 aliphatic rings. The highest BCUT2D eigenvalue weighted by Crippen LogP contribution is 2.34. The van der Waals surface area contributed by atoms with E-state index in [2.05, 4.69) is 62.9 Å². The van der Waals surface area contributed by atoms with Crippen molar-refractivity contribution >= 4 is 12.2 Å². The second-order valence-electron chi connectivity index (χ2n) is 5.53. The van der Waals surface area contributed by atoms with Crippen LogP contribution in [0.2, 0.25) is 0 Å². The molecule has 1 aromatic rings. The summed E-state index contributed by atoms with van der Waals surface area (Å²) in [5, 5.41) is 0. The highest BCUT2D eigenvalue weighted by molar-refractivity contribution is 5.70. The van der Waals surface area contributed by atoms with Gasteiger partial charge in [-0.1, -0.05) is 60.7 Å². The first-order valence-electron chi connectivity index (χ1n) is 7.20. The van der Waals surface area contributed by atoms with Crippen LogP contribution in [0.3, 0.4) is 0 Å². The van der Waals surface area contributed by atoms with Crippen LogP contribution in [0.1, 0.15) is 37.0 Å². The van der Waals surface area contributed by atoms with Gasteiger partial charge in [0, 0.05) is 0 Å². The van der Waals surface area contributed by atoms with Crippen molar-refractivity contribution in [2.45, 2.75) is 26.7 Å². The van der Waals surface area contributed by atoms with E-state index in [4.69, 9.17) is 0 Å². The number of allylic oxidation sites excluding steroid dienone is 7. The summed E-state index contributed by atoms with van der Waals surface area (Å²) in [4.78, 5) is 0. The summed E-state index contributed by atoms with van der Waals surface area (Å²) < 4.78 is 0. The van der Waals surface area contributed by atoms with Crippen molar-refractivity contribution in [1.29, 1.82) is 0 Å². The molecule has 0 aliphatic heterocycles. The Hall–Kier alpha value is -2.08. The fraction of sp³-hybridized carbons (Fsp3) is 0.200. The second kappa shape index (κ2) is 5.13. The Morgan fingerprint density at radius 2 is 1.85 bits per heavy atom. The lowest BCUT2D eigenvalue weighted by atomic mass is 9.90. The normalized spacial score (nSPS) is 17.5. The van der Waals surface area contributed by atoms with Crippen LogP contribution in [-0.2, 0) is 6.42 Å². The molecule has 0 N–H and O–H groups in total. The first-order chi connectivity index (χ1) is 9.70. The number of rotatable bonds is 1. The van der Waals surface area contributed by atoms with Crippen LogP contribution in [0.4, 0.5) is 0 Å². The highest BCUT2D eigenvalue weighted by atomic mass is 14.2. The number of hydrogen-bond donors (Lipinski definition) is 0. The van der Waals surface area contributed by atoms with Crippen molar-refractivity contribution in [2.24, 2.45) is 0 Å². The maximum absolute atomic E-state index is 3.96. The maximum Gasteiger partial charge on any atom is -0.000534 e. The lowest BCUT2D eigenvalue weighted by Crippen LogP contribution is -1.99. The number of benzene rings is 1. The van der Waals surface area contributed by atoms with Gasteiger partial charge in [-0.05, 0) is 60.1 Å². The molecular formula is C20H20. The van der Waals surface area contributed by atoms with Crippen LogP contribution in [0.25, 0.3) is 12.2 Å². The predicted molar refractivity (Wildman–Crippen MR) is 88.4 cm³/mol. The summed E-state index contributed by atoms with van der Waals surface area (Å²) in [5.41, 5.74) is 9.60. The van der Waals surface area contributed by atoms with Crippen molar-refractivity contribution in [3.05, 3.63) is 82.0 Å². The smallest absolute Gasteiger partial charge is 0.000534 e. The van der Waals surface area contributed by atoms with Gasteiger partial charge < -0.3 is 0 Å². The van der Waals surface area contributed by atoms with Gasteiger partial charge in [-0.2, -0.15) is 0 Å². The Bertz CT molecular complexity index is 691. The Kier molecular flexibility index (Phi) is 3.31. The van der Waals surface area contributed by atoms with Gasteiger partial charge in [0.2, 0.25) is 0 Å². The van der Waals surface area contributed by atoms with Crippen molar-refractivity contribution in [1.82, 2.24) is 0 Å². The first-order valence-corrected chi connectivity index (χ1v) is 7.20. The molecular weight excluding hydrogens is 240 g/mol. The third kappa shape index (κ3) is 2.12. The van der Waals surface area contributed by atoms with E-state index in [0.717, 1.165) is 12.8 Å². The molecule has 100 valence electrons. The Morgan fingerprint density at radius 1 is 1.05 bits per heavy atom. The van der Waals surface area contributed by atoms with E-state index in [9.17, 15) is 0 Å². The fourth-order valence-corrected chi connectivity index (χ4v) is 3.09. The van der Waals surface area contributed by atoms with Gasteiger partial charge in [0.1, 0.15) is 0 Å². The monoisotopic (exact) mass is 260 g/mol. The minimum Gasteiger partial charge on any atom is -0.0985 e. The zero-order valence-corrected chi connectivity index (χ0v) is 12.2. The van der Waals surface area contributed by atoms with E-state index in [1.165, 1.54) is 39.0 Å². The molecule has 0 unspecified atom stereocenters. The minimum atomic E-state index is 0.993. The van der Waals surface area contributed by atoms with E-state index >= 15 is 0 Å². The quantitative estimate of drug-likeness (QED) is 0.626. The average Bonchev–Trinajstić information content (AvgIpc) is 2.72. The lowest BCUT2D eigenvalue weighted by molar-refractivity contribution is 1.12. The molecule has 0 aromatic heterocycles. The molecule has 0 saturated heterocycles. The molecule has 0 saturated carbocycles. The molecule has 2 aliphatic carbocycles. The average molecular weight is 260 g/mol. The van der Waals surface area contributed by atoms with Gasteiger partial charge >= 0.3 is 0 Å². The summed E-state index contributed by atoms with van der Waals surface area (Å²) in [5.74, 6) is 0. The standard InChI is InChI=1S/C20H20/c1-4-16-9-6-10-17-11-12-18-14(2)7-5-8-15(3)19(18)13-20(16)17/h4,6-12H,1,5,13H2,2-3H3. The molecule has 1 aromatic carbocycles. The third-order valence-electron chi connectivity index (χ3n) is 4.33. The SMILES string of the molecule is C=Cc1cccc2c1CC1=C(C=C2)C(C)=CCC=C1C. The van der Waals surface area contributed by atoms with Gasteiger partial charge in [0.05, 0.1) is 0 Å². The van der Waals surface area contributed by atoms with Gasteiger partial charge in [-0.15, -0.1) is 0 Å².